The van der Waals surface area contributed by atoms with Crippen molar-refractivity contribution in [2.75, 3.05) is 7.11 Å². The van der Waals surface area contributed by atoms with Crippen LogP contribution in [-0.2, 0) is 16.0 Å². The second kappa shape index (κ2) is 5.52. The van der Waals surface area contributed by atoms with Crippen LogP contribution in [0.1, 0.15) is 22.9 Å². The molecule has 0 aliphatic carbocycles. The van der Waals surface area contributed by atoms with Crippen LogP contribution in [0.2, 0.25) is 0 Å². The van der Waals surface area contributed by atoms with Gasteiger partial charge in [0, 0.05) is 35.4 Å². The van der Waals surface area contributed by atoms with Crippen LogP contribution in [0.5, 0.6) is 0 Å². The predicted molar refractivity (Wildman–Crippen MR) is 87.0 cm³/mol. The number of nitrogens with zero attached hydrogens (tertiary/aromatic N) is 1. The lowest BCUT2D eigenvalue weighted by Gasteiger charge is -2.30. The molecule has 4 rings (SSSR count). The Balaban J connectivity index is 1.88. The van der Waals surface area contributed by atoms with Gasteiger partial charge in [0.1, 0.15) is 6.04 Å². The van der Waals surface area contributed by atoms with Gasteiger partial charge in [-0.15, -0.1) is 0 Å². The largest absolute Gasteiger partial charge is 0.468 e. The van der Waals surface area contributed by atoms with Crippen LogP contribution in [0.4, 0.5) is 0 Å². The number of carbonyl (C=O) groups excluding carboxylic acids is 1. The second-order valence-electron chi connectivity index (χ2n) is 5.72. The van der Waals surface area contributed by atoms with Crippen molar-refractivity contribution in [3.05, 3.63) is 65.6 Å². The molecule has 0 spiro atoms. The first-order valence-corrected chi connectivity index (χ1v) is 7.61. The minimum atomic E-state index is -0.357. The fourth-order valence-corrected chi connectivity index (χ4v) is 3.35. The summed E-state index contributed by atoms with van der Waals surface area (Å²) in [6.07, 6.45) is 4.15. The van der Waals surface area contributed by atoms with Crippen LogP contribution in [-0.4, -0.2) is 29.1 Å². The standard InChI is InChI=1S/C18H17N3O2/c1-23-18(22)15-10-13-12-4-2-3-5-14(12)20-17(13)16(21-15)11-6-8-19-9-7-11/h2-9,15-16,20-21H,10H2,1H3/t15-,16?/m0/s1. The molecule has 0 bridgehead atoms. The van der Waals surface area contributed by atoms with E-state index in [-0.39, 0.29) is 18.1 Å². The number of hydrogen-bond acceptors (Lipinski definition) is 4. The van der Waals surface area contributed by atoms with E-state index in [0.29, 0.717) is 6.42 Å². The van der Waals surface area contributed by atoms with Crippen molar-refractivity contribution in [3.63, 3.8) is 0 Å². The molecule has 5 heteroatoms. The zero-order valence-electron chi connectivity index (χ0n) is 12.7. The molecule has 1 aromatic carbocycles. The average Bonchev–Trinajstić information content (AvgIpc) is 2.99. The van der Waals surface area contributed by atoms with Crippen molar-refractivity contribution in [2.45, 2.75) is 18.5 Å². The molecule has 2 N–H and O–H groups in total. The molecule has 0 fully saturated rings. The summed E-state index contributed by atoms with van der Waals surface area (Å²) in [6, 6.07) is 11.7. The van der Waals surface area contributed by atoms with Crippen LogP contribution in [0.3, 0.4) is 0 Å². The number of hydrogen-bond donors (Lipinski definition) is 2. The average molecular weight is 307 g/mol. The summed E-state index contributed by atoms with van der Waals surface area (Å²) in [5.74, 6) is -0.236. The van der Waals surface area contributed by atoms with Crippen LogP contribution in [0.15, 0.2) is 48.8 Å². The fraction of sp³-hybridized carbons (Fsp3) is 0.222. The summed E-state index contributed by atoms with van der Waals surface area (Å²) in [5, 5.41) is 4.57. The van der Waals surface area contributed by atoms with Crippen LogP contribution in [0, 0.1) is 0 Å². The Bertz CT molecular complexity index is 857. The molecule has 1 aliphatic rings. The summed E-state index contributed by atoms with van der Waals surface area (Å²) >= 11 is 0. The van der Waals surface area contributed by atoms with Crippen molar-refractivity contribution in [2.24, 2.45) is 0 Å². The smallest absolute Gasteiger partial charge is 0.323 e. The summed E-state index contributed by atoms with van der Waals surface area (Å²) in [7, 11) is 1.43. The zero-order valence-corrected chi connectivity index (χ0v) is 12.7. The van der Waals surface area contributed by atoms with E-state index in [9.17, 15) is 4.79 Å². The Kier molecular flexibility index (Phi) is 3.35. The van der Waals surface area contributed by atoms with Crippen molar-refractivity contribution >= 4 is 16.9 Å². The third-order valence-electron chi connectivity index (χ3n) is 4.44. The number of benzene rings is 1. The summed E-state index contributed by atoms with van der Waals surface area (Å²) in [5.41, 5.74) is 4.44. The van der Waals surface area contributed by atoms with Gasteiger partial charge in [0.05, 0.1) is 13.2 Å². The minimum Gasteiger partial charge on any atom is -0.468 e. The topological polar surface area (TPSA) is 67.0 Å². The lowest BCUT2D eigenvalue weighted by Crippen LogP contribution is -2.45. The van der Waals surface area contributed by atoms with Gasteiger partial charge in [0.15, 0.2) is 0 Å². The number of methoxy groups -OCH3 is 1. The van der Waals surface area contributed by atoms with Gasteiger partial charge in [-0.2, -0.15) is 0 Å². The number of fused-ring (bicyclic) bond motifs is 3. The number of nitrogens with one attached hydrogen (secondary N) is 2. The Morgan fingerprint density at radius 2 is 2.00 bits per heavy atom. The lowest BCUT2D eigenvalue weighted by molar-refractivity contribution is -0.143. The molecule has 3 aromatic rings. The molecule has 0 radical (unpaired) electrons. The highest BCUT2D eigenvalue weighted by Gasteiger charge is 2.34. The van der Waals surface area contributed by atoms with E-state index in [1.54, 1.807) is 12.4 Å². The Hall–Kier alpha value is -2.66. The Labute approximate surface area is 133 Å². The number of para-hydroxylation sites is 1. The molecule has 1 unspecified atom stereocenters. The van der Waals surface area contributed by atoms with Crippen LogP contribution < -0.4 is 5.32 Å². The van der Waals surface area contributed by atoms with E-state index in [2.05, 4.69) is 27.4 Å². The van der Waals surface area contributed by atoms with Gasteiger partial charge in [-0.1, -0.05) is 18.2 Å². The first-order valence-electron chi connectivity index (χ1n) is 7.61. The van der Waals surface area contributed by atoms with Gasteiger partial charge < -0.3 is 9.72 Å². The fourth-order valence-electron chi connectivity index (χ4n) is 3.35. The van der Waals surface area contributed by atoms with Crippen LogP contribution >= 0.6 is 0 Å². The highest BCUT2D eigenvalue weighted by atomic mass is 16.5. The summed E-state index contributed by atoms with van der Waals surface area (Å²) in [6.45, 7) is 0. The molecule has 0 saturated carbocycles. The number of ether oxygens (including phenoxy) is 1. The maximum Gasteiger partial charge on any atom is 0.323 e. The van der Waals surface area contributed by atoms with E-state index in [1.807, 2.05) is 24.3 Å². The van der Waals surface area contributed by atoms with E-state index < -0.39 is 0 Å². The quantitative estimate of drug-likeness (QED) is 0.713. The van der Waals surface area contributed by atoms with E-state index in [0.717, 1.165) is 22.2 Å². The third-order valence-corrected chi connectivity index (χ3v) is 4.44. The molecule has 0 saturated heterocycles. The highest BCUT2D eigenvalue weighted by molar-refractivity contribution is 5.87. The number of esters is 1. The maximum atomic E-state index is 12.1. The first kappa shape index (κ1) is 14.0. The molecule has 2 aromatic heterocycles. The van der Waals surface area contributed by atoms with Gasteiger partial charge in [-0.05, 0) is 29.3 Å². The Morgan fingerprint density at radius 1 is 1.22 bits per heavy atom. The van der Waals surface area contributed by atoms with E-state index in [4.69, 9.17) is 4.74 Å². The van der Waals surface area contributed by atoms with Gasteiger partial charge in [0.2, 0.25) is 0 Å². The SMILES string of the molecule is COC(=O)[C@@H]1Cc2c([nH]c3ccccc23)C(c2ccncc2)N1. The molecular weight excluding hydrogens is 290 g/mol. The molecule has 2 atom stereocenters. The van der Waals surface area contributed by atoms with Crippen LogP contribution in [0.25, 0.3) is 10.9 Å². The lowest BCUT2D eigenvalue weighted by atomic mass is 9.91. The third kappa shape index (κ3) is 2.29. The molecule has 116 valence electrons. The molecular formula is C18H17N3O2. The number of pyridine rings is 1. The number of H-pyrrole nitrogens is 1. The highest BCUT2D eigenvalue weighted by Crippen LogP contribution is 2.35. The zero-order chi connectivity index (χ0) is 15.8. The van der Waals surface area contributed by atoms with Gasteiger partial charge in [-0.3, -0.25) is 15.1 Å². The van der Waals surface area contributed by atoms with Crippen molar-refractivity contribution < 1.29 is 9.53 Å². The van der Waals surface area contributed by atoms with Crippen molar-refractivity contribution in [3.8, 4) is 0 Å². The van der Waals surface area contributed by atoms with E-state index in [1.165, 1.54) is 12.7 Å². The number of carbonyl (C=O) groups is 1. The molecule has 3 heterocycles. The summed E-state index contributed by atoms with van der Waals surface area (Å²) < 4.78 is 4.95. The second-order valence-corrected chi connectivity index (χ2v) is 5.72. The molecule has 23 heavy (non-hydrogen) atoms. The Morgan fingerprint density at radius 3 is 2.78 bits per heavy atom. The predicted octanol–water partition coefficient (Wildman–Crippen LogP) is 2.34. The van der Waals surface area contributed by atoms with Crippen molar-refractivity contribution in [1.82, 2.24) is 15.3 Å². The number of aromatic amines is 1. The number of aromatic nitrogens is 2. The summed E-state index contributed by atoms with van der Waals surface area (Å²) in [4.78, 5) is 19.7. The van der Waals surface area contributed by atoms with E-state index >= 15 is 0 Å². The van der Waals surface area contributed by atoms with Crippen molar-refractivity contribution in [1.29, 1.82) is 0 Å². The van der Waals surface area contributed by atoms with Gasteiger partial charge in [-0.25, -0.2) is 0 Å². The molecule has 5 nitrogen and oxygen atoms in total. The first-order chi connectivity index (χ1) is 11.3. The minimum absolute atomic E-state index is 0.0850. The monoisotopic (exact) mass is 307 g/mol. The molecule has 0 amide bonds. The maximum absolute atomic E-state index is 12.1. The molecule has 1 aliphatic heterocycles. The van der Waals surface area contributed by atoms with Gasteiger partial charge >= 0.3 is 5.97 Å². The number of rotatable bonds is 2. The normalized spacial score (nSPS) is 20.2. The van der Waals surface area contributed by atoms with Gasteiger partial charge in [0.25, 0.3) is 0 Å².